The molecule has 1 aromatic carbocycles. The van der Waals surface area contributed by atoms with Crippen LogP contribution in [0.2, 0.25) is 0 Å². The van der Waals surface area contributed by atoms with Crippen LogP contribution in [-0.2, 0) is 6.54 Å². The fraction of sp³-hybridized carbons (Fsp3) is 0.143. The van der Waals surface area contributed by atoms with Gasteiger partial charge in [-0.15, -0.1) is 0 Å². The highest BCUT2D eigenvalue weighted by molar-refractivity contribution is 5.96. The van der Waals surface area contributed by atoms with Gasteiger partial charge in [0.15, 0.2) is 5.78 Å². The lowest BCUT2D eigenvalue weighted by atomic mass is 10.1. The summed E-state index contributed by atoms with van der Waals surface area (Å²) in [5.74, 6) is -0.560. The number of nitrogens with zero attached hydrogens (tertiary/aromatic N) is 1. The smallest absolute Gasteiger partial charge is 0.250 e. The third-order valence-corrected chi connectivity index (χ3v) is 2.69. The van der Waals surface area contributed by atoms with Crippen molar-refractivity contribution in [3.05, 3.63) is 69.9 Å². The Bertz CT molecular complexity index is 646. The maximum absolute atomic E-state index is 13.1. The lowest BCUT2D eigenvalue weighted by molar-refractivity contribution is 0.0970. The van der Waals surface area contributed by atoms with Crippen LogP contribution >= 0.6 is 0 Å². The minimum absolute atomic E-state index is 0.0370. The second kappa shape index (κ2) is 4.96. The lowest BCUT2D eigenvalue weighted by Gasteiger charge is -2.05. The number of carbonyl (C=O) groups excluding carboxylic acids is 1. The molecule has 18 heavy (non-hydrogen) atoms. The number of pyridine rings is 1. The van der Waals surface area contributed by atoms with E-state index in [-0.39, 0.29) is 23.7 Å². The van der Waals surface area contributed by atoms with Gasteiger partial charge in [-0.1, -0.05) is 6.07 Å². The van der Waals surface area contributed by atoms with Crippen LogP contribution in [0, 0.1) is 12.7 Å². The molecule has 92 valence electrons. The molecule has 3 nitrogen and oxygen atoms in total. The summed E-state index contributed by atoms with van der Waals surface area (Å²) in [6.45, 7) is 1.56. The molecule has 2 rings (SSSR count). The molecule has 0 N–H and O–H groups in total. The van der Waals surface area contributed by atoms with Crippen molar-refractivity contribution in [2.75, 3.05) is 0 Å². The molecule has 0 amide bonds. The zero-order valence-corrected chi connectivity index (χ0v) is 9.89. The summed E-state index contributed by atoms with van der Waals surface area (Å²) in [7, 11) is 0. The number of aromatic nitrogens is 1. The molecule has 0 unspecified atom stereocenters. The summed E-state index contributed by atoms with van der Waals surface area (Å²) in [5, 5.41) is 0. The van der Waals surface area contributed by atoms with Crippen molar-refractivity contribution in [3.63, 3.8) is 0 Å². The summed E-state index contributed by atoms with van der Waals surface area (Å²) in [5.41, 5.74) is 0.593. The average Bonchev–Trinajstić information content (AvgIpc) is 2.35. The van der Waals surface area contributed by atoms with Gasteiger partial charge >= 0.3 is 0 Å². The standard InChI is InChI=1S/C14H12FNO2/c1-10-8-11(5-6-12(10)15)13(17)9-16-7-3-2-4-14(16)18/h2-8H,9H2,1H3. The number of Topliss-reactive ketones (excluding diaryl/α,β-unsaturated/α-hetero) is 1. The second-order valence-corrected chi connectivity index (χ2v) is 4.05. The number of carbonyl (C=O) groups is 1. The van der Waals surface area contributed by atoms with E-state index >= 15 is 0 Å². The average molecular weight is 245 g/mol. The van der Waals surface area contributed by atoms with Crippen LogP contribution in [0.25, 0.3) is 0 Å². The van der Waals surface area contributed by atoms with Crippen molar-refractivity contribution in [1.82, 2.24) is 4.57 Å². The van der Waals surface area contributed by atoms with Crippen molar-refractivity contribution >= 4 is 5.78 Å². The number of aryl methyl sites for hydroxylation is 1. The molecule has 0 aliphatic rings. The first-order chi connectivity index (χ1) is 8.58. The van der Waals surface area contributed by atoms with Gasteiger partial charge in [-0.05, 0) is 36.8 Å². The largest absolute Gasteiger partial charge is 0.308 e. The Hall–Kier alpha value is -2.23. The van der Waals surface area contributed by atoms with Gasteiger partial charge in [-0.3, -0.25) is 9.59 Å². The van der Waals surface area contributed by atoms with Gasteiger partial charge in [0.05, 0.1) is 6.54 Å². The fourth-order valence-corrected chi connectivity index (χ4v) is 1.66. The van der Waals surface area contributed by atoms with Crippen LogP contribution in [0.1, 0.15) is 15.9 Å². The van der Waals surface area contributed by atoms with Crippen molar-refractivity contribution in [2.45, 2.75) is 13.5 Å². The summed E-state index contributed by atoms with van der Waals surface area (Å²) in [6.07, 6.45) is 1.55. The maximum atomic E-state index is 13.1. The Labute approximate surface area is 104 Å². The van der Waals surface area contributed by atoms with Crippen LogP contribution in [0.3, 0.4) is 0 Å². The zero-order chi connectivity index (χ0) is 13.1. The van der Waals surface area contributed by atoms with E-state index in [1.807, 2.05) is 0 Å². The normalized spacial score (nSPS) is 10.3. The van der Waals surface area contributed by atoms with E-state index in [0.717, 1.165) is 0 Å². The number of halogens is 1. The van der Waals surface area contributed by atoms with Gasteiger partial charge in [-0.25, -0.2) is 4.39 Å². The van der Waals surface area contributed by atoms with Gasteiger partial charge in [0, 0.05) is 17.8 Å². The topological polar surface area (TPSA) is 39.1 Å². The lowest BCUT2D eigenvalue weighted by Crippen LogP contribution is -2.22. The zero-order valence-electron chi connectivity index (χ0n) is 9.89. The van der Waals surface area contributed by atoms with Crippen molar-refractivity contribution < 1.29 is 9.18 Å². The van der Waals surface area contributed by atoms with E-state index in [9.17, 15) is 14.0 Å². The molecule has 2 aromatic rings. The number of benzene rings is 1. The van der Waals surface area contributed by atoms with E-state index < -0.39 is 0 Å². The predicted octanol–water partition coefficient (Wildman–Crippen LogP) is 2.18. The van der Waals surface area contributed by atoms with Crippen LogP contribution in [0.5, 0.6) is 0 Å². The number of hydrogen-bond acceptors (Lipinski definition) is 2. The second-order valence-electron chi connectivity index (χ2n) is 4.05. The van der Waals surface area contributed by atoms with Gasteiger partial charge in [0.25, 0.3) is 5.56 Å². The first-order valence-electron chi connectivity index (χ1n) is 5.53. The predicted molar refractivity (Wildman–Crippen MR) is 66.2 cm³/mol. The third kappa shape index (κ3) is 2.53. The van der Waals surface area contributed by atoms with E-state index in [0.29, 0.717) is 11.1 Å². The molecule has 0 saturated heterocycles. The molecule has 0 radical (unpaired) electrons. The van der Waals surface area contributed by atoms with Crippen LogP contribution in [0.4, 0.5) is 4.39 Å². The molecule has 4 heteroatoms. The van der Waals surface area contributed by atoms with E-state index in [1.54, 1.807) is 25.3 Å². The molecule has 0 fully saturated rings. The Morgan fingerprint density at radius 1 is 1.28 bits per heavy atom. The van der Waals surface area contributed by atoms with E-state index in [2.05, 4.69) is 0 Å². The highest BCUT2D eigenvalue weighted by Crippen LogP contribution is 2.10. The first kappa shape index (κ1) is 12.2. The van der Waals surface area contributed by atoms with Gasteiger partial charge < -0.3 is 4.57 Å². The highest BCUT2D eigenvalue weighted by atomic mass is 19.1. The minimum Gasteiger partial charge on any atom is -0.308 e. The molecule has 0 atom stereocenters. The van der Waals surface area contributed by atoms with Crippen molar-refractivity contribution in [1.29, 1.82) is 0 Å². The summed E-state index contributed by atoms with van der Waals surface area (Å²) in [4.78, 5) is 23.4. The maximum Gasteiger partial charge on any atom is 0.250 e. The van der Waals surface area contributed by atoms with Crippen molar-refractivity contribution in [2.24, 2.45) is 0 Å². The summed E-state index contributed by atoms with van der Waals surface area (Å²) >= 11 is 0. The molecule has 0 aliphatic carbocycles. The number of hydrogen-bond donors (Lipinski definition) is 0. The molecule has 1 heterocycles. The molecule has 0 aliphatic heterocycles. The molecule has 0 spiro atoms. The summed E-state index contributed by atoms with van der Waals surface area (Å²) in [6, 6.07) is 8.87. The van der Waals surface area contributed by atoms with E-state index in [1.165, 1.54) is 28.8 Å². The number of rotatable bonds is 3. The minimum atomic E-state index is -0.344. The molecular formula is C14H12FNO2. The van der Waals surface area contributed by atoms with Crippen LogP contribution in [-0.4, -0.2) is 10.4 Å². The van der Waals surface area contributed by atoms with E-state index in [4.69, 9.17) is 0 Å². The van der Waals surface area contributed by atoms with Crippen molar-refractivity contribution in [3.8, 4) is 0 Å². The molecule has 1 aromatic heterocycles. The quantitative estimate of drug-likeness (QED) is 0.777. The van der Waals surface area contributed by atoms with Gasteiger partial charge in [0.2, 0.25) is 0 Å². The Balaban J connectivity index is 2.25. The first-order valence-corrected chi connectivity index (χ1v) is 5.53. The molecule has 0 saturated carbocycles. The Morgan fingerprint density at radius 3 is 2.72 bits per heavy atom. The third-order valence-electron chi connectivity index (χ3n) is 2.69. The van der Waals surface area contributed by atoms with Gasteiger partial charge in [0.1, 0.15) is 5.82 Å². The van der Waals surface area contributed by atoms with Crippen LogP contribution in [0.15, 0.2) is 47.4 Å². The SMILES string of the molecule is Cc1cc(C(=O)Cn2ccccc2=O)ccc1F. The number of ketones is 1. The van der Waals surface area contributed by atoms with Crippen LogP contribution < -0.4 is 5.56 Å². The monoisotopic (exact) mass is 245 g/mol. The highest BCUT2D eigenvalue weighted by Gasteiger charge is 2.09. The summed E-state index contributed by atoms with van der Waals surface area (Å²) < 4.78 is 14.4. The Kier molecular flexibility index (Phi) is 3.37. The molecule has 0 bridgehead atoms. The fourth-order valence-electron chi connectivity index (χ4n) is 1.66. The Morgan fingerprint density at radius 2 is 2.06 bits per heavy atom. The van der Waals surface area contributed by atoms with Gasteiger partial charge in [-0.2, -0.15) is 0 Å². The molecular weight excluding hydrogens is 233 g/mol.